The van der Waals surface area contributed by atoms with Crippen molar-refractivity contribution in [1.29, 1.82) is 0 Å². The van der Waals surface area contributed by atoms with Gasteiger partial charge in [0.25, 0.3) is 5.91 Å². The third-order valence-electron chi connectivity index (χ3n) is 3.64. The van der Waals surface area contributed by atoms with Gasteiger partial charge in [-0.15, -0.1) is 0 Å². The molecule has 6 nitrogen and oxygen atoms in total. The molecule has 25 heavy (non-hydrogen) atoms. The lowest BCUT2D eigenvalue weighted by Crippen LogP contribution is -2.25. The zero-order chi connectivity index (χ0) is 17.8. The number of para-hydroxylation sites is 1. The smallest absolute Gasteiger partial charge is 0.277 e. The zero-order valence-corrected chi connectivity index (χ0v) is 14.6. The van der Waals surface area contributed by atoms with Crippen molar-refractivity contribution in [2.45, 2.75) is 13.8 Å². The second-order valence-electron chi connectivity index (χ2n) is 5.53. The van der Waals surface area contributed by atoms with E-state index < -0.39 is 0 Å². The summed E-state index contributed by atoms with van der Waals surface area (Å²) in [4.78, 5) is 11.9. The van der Waals surface area contributed by atoms with Gasteiger partial charge in [0.15, 0.2) is 18.1 Å². The highest BCUT2D eigenvalue weighted by molar-refractivity contribution is 6.33. The summed E-state index contributed by atoms with van der Waals surface area (Å²) in [6.07, 6.45) is 1.45. The van der Waals surface area contributed by atoms with Gasteiger partial charge in [0.1, 0.15) is 5.75 Å². The minimum atomic E-state index is -0.365. The van der Waals surface area contributed by atoms with E-state index in [9.17, 15) is 4.79 Å². The van der Waals surface area contributed by atoms with Gasteiger partial charge in [0.2, 0.25) is 6.79 Å². The molecule has 3 rings (SSSR count). The molecule has 0 saturated heterocycles. The van der Waals surface area contributed by atoms with Crippen LogP contribution in [0.1, 0.15) is 16.7 Å². The predicted molar refractivity (Wildman–Crippen MR) is 94.7 cm³/mol. The summed E-state index contributed by atoms with van der Waals surface area (Å²) in [6, 6.07) is 9.15. The number of hydrogen-bond donors (Lipinski definition) is 1. The van der Waals surface area contributed by atoms with Crippen LogP contribution in [0, 0.1) is 13.8 Å². The SMILES string of the molecule is Cc1cccc(C)c1OCC(=O)N/N=C/c1cc2c(cc1Cl)OCO2. The van der Waals surface area contributed by atoms with Gasteiger partial charge in [-0.25, -0.2) is 5.43 Å². The van der Waals surface area contributed by atoms with Crippen molar-refractivity contribution in [3.8, 4) is 17.2 Å². The Morgan fingerprint density at radius 1 is 1.28 bits per heavy atom. The maximum Gasteiger partial charge on any atom is 0.277 e. The molecule has 130 valence electrons. The molecular weight excluding hydrogens is 344 g/mol. The first-order valence-electron chi connectivity index (χ1n) is 7.64. The number of hydrogen-bond acceptors (Lipinski definition) is 5. The highest BCUT2D eigenvalue weighted by atomic mass is 35.5. The molecule has 0 fully saturated rings. The van der Waals surface area contributed by atoms with Crippen molar-refractivity contribution in [3.05, 3.63) is 52.0 Å². The second kappa shape index (κ2) is 7.44. The van der Waals surface area contributed by atoms with E-state index >= 15 is 0 Å². The summed E-state index contributed by atoms with van der Waals surface area (Å²) in [7, 11) is 0. The van der Waals surface area contributed by atoms with Crippen LogP contribution in [0.15, 0.2) is 35.4 Å². The lowest BCUT2D eigenvalue weighted by molar-refractivity contribution is -0.123. The number of aryl methyl sites for hydroxylation is 2. The van der Waals surface area contributed by atoms with Crippen molar-refractivity contribution in [2.75, 3.05) is 13.4 Å². The molecule has 1 aliphatic heterocycles. The Hall–Kier alpha value is -2.73. The molecule has 0 spiro atoms. The fraction of sp³-hybridized carbons (Fsp3) is 0.222. The molecule has 0 saturated carbocycles. The quantitative estimate of drug-likeness (QED) is 0.656. The van der Waals surface area contributed by atoms with Crippen molar-refractivity contribution in [3.63, 3.8) is 0 Å². The Morgan fingerprint density at radius 2 is 1.96 bits per heavy atom. The average Bonchev–Trinajstić information content (AvgIpc) is 3.01. The van der Waals surface area contributed by atoms with Gasteiger partial charge in [-0.3, -0.25) is 4.79 Å². The van der Waals surface area contributed by atoms with Gasteiger partial charge in [0, 0.05) is 11.6 Å². The Labute approximate surface area is 150 Å². The van der Waals surface area contributed by atoms with E-state index in [4.69, 9.17) is 25.8 Å². The Balaban J connectivity index is 1.57. The number of nitrogens with zero attached hydrogens (tertiary/aromatic N) is 1. The molecule has 0 bridgehead atoms. The number of rotatable bonds is 5. The number of fused-ring (bicyclic) bond motifs is 1. The van der Waals surface area contributed by atoms with Crippen LogP contribution in [-0.4, -0.2) is 25.5 Å². The molecule has 1 N–H and O–H groups in total. The minimum Gasteiger partial charge on any atom is -0.483 e. The van der Waals surface area contributed by atoms with Gasteiger partial charge < -0.3 is 14.2 Å². The van der Waals surface area contributed by atoms with Gasteiger partial charge in [0.05, 0.1) is 11.2 Å². The van der Waals surface area contributed by atoms with E-state index in [1.54, 1.807) is 12.1 Å². The highest BCUT2D eigenvalue weighted by Gasteiger charge is 2.15. The van der Waals surface area contributed by atoms with Gasteiger partial charge >= 0.3 is 0 Å². The molecule has 2 aromatic carbocycles. The monoisotopic (exact) mass is 360 g/mol. The van der Waals surface area contributed by atoms with Crippen LogP contribution in [0.4, 0.5) is 0 Å². The van der Waals surface area contributed by atoms with Gasteiger partial charge in [-0.2, -0.15) is 5.10 Å². The summed E-state index contributed by atoms with van der Waals surface area (Å²) in [5.74, 6) is 1.53. The first-order valence-corrected chi connectivity index (χ1v) is 8.02. The maximum absolute atomic E-state index is 11.9. The molecule has 0 aliphatic carbocycles. The Bertz CT molecular complexity index is 816. The number of hydrazone groups is 1. The molecule has 0 unspecified atom stereocenters. The molecule has 7 heteroatoms. The molecule has 0 aromatic heterocycles. The number of carbonyl (C=O) groups is 1. The van der Waals surface area contributed by atoms with E-state index in [1.807, 2.05) is 32.0 Å². The molecule has 0 radical (unpaired) electrons. The van der Waals surface area contributed by atoms with Crippen LogP contribution in [-0.2, 0) is 4.79 Å². The first-order chi connectivity index (χ1) is 12.0. The number of nitrogens with one attached hydrogen (secondary N) is 1. The summed E-state index contributed by atoms with van der Waals surface area (Å²) in [6.45, 7) is 3.90. The van der Waals surface area contributed by atoms with Crippen molar-refractivity contribution >= 4 is 23.7 Å². The molecular formula is C18H17ClN2O4. The number of carbonyl (C=O) groups excluding carboxylic acids is 1. The lowest BCUT2D eigenvalue weighted by Gasteiger charge is -2.10. The maximum atomic E-state index is 11.9. The number of benzene rings is 2. The molecule has 2 aromatic rings. The Kier molecular flexibility index (Phi) is 5.09. The fourth-order valence-electron chi connectivity index (χ4n) is 2.40. The highest BCUT2D eigenvalue weighted by Crippen LogP contribution is 2.36. The van der Waals surface area contributed by atoms with Crippen molar-refractivity contribution in [2.24, 2.45) is 5.10 Å². The van der Waals surface area contributed by atoms with E-state index in [-0.39, 0.29) is 19.3 Å². The van der Waals surface area contributed by atoms with Crippen LogP contribution < -0.4 is 19.6 Å². The Morgan fingerprint density at radius 3 is 2.68 bits per heavy atom. The number of halogens is 1. The van der Waals surface area contributed by atoms with E-state index in [0.29, 0.717) is 27.8 Å². The zero-order valence-electron chi connectivity index (χ0n) is 13.8. The standard InChI is InChI=1S/C18H17ClN2O4/c1-11-4-3-5-12(2)18(11)23-9-17(22)21-20-8-13-6-15-16(7-14(13)19)25-10-24-15/h3-8H,9-10H2,1-2H3,(H,21,22)/b20-8+. The lowest BCUT2D eigenvalue weighted by atomic mass is 10.1. The number of amides is 1. The molecule has 0 atom stereocenters. The fourth-order valence-corrected chi connectivity index (χ4v) is 2.60. The molecule has 1 amide bonds. The minimum absolute atomic E-state index is 0.127. The first kappa shape index (κ1) is 17.1. The predicted octanol–water partition coefficient (Wildman–Crippen LogP) is 3.21. The van der Waals surface area contributed by atoms with Gasteiger partial charge in [-0.1, -0.05) is 29.8 Å². The largest absolute Gasteiger partial charge is 0.483 e. The summed E-state index contributed by atoms with van der Waals surface area (Å²) >= 11 is 6.14. The van der Waals surface area contributed by atoms with Crippen molar-refractivity contribution in [1.82, 2.24) is 5.43 Å². The normalized spacial score (nSPS) is 12.4. The van der Waals surface area contributed by atoms with Crippen LogP contribution >= 0.6 is 11.6 Å². The topological polar surface area (TPSA) is 69.2 Å². The average molecular weight is 361 g/mol. The second-order valence-corrected chi connectivity index (χ2v) is 5.94. The van der Waals surface area contributed by atoms with E-state index in [2.05, 4.69) is 10.5 Å². The van der Waals surface area contributed by atoms with E-state index in [0.717, 1.165) is 11.1 Å². The van der Waals surface area contributed by atoms with Gasteiger partial charge in [-0.05, 0) is 31.0 Å². The molecule has 1 aliphatic rings. The van der Waals surface area contributed by atoms with Crippen LogP contribution in [0.25, 0.3) is 0 Å². The summed E-state index contributed by atoms with van der Waals surface area (Å²) in [5, 5.41) is 4.35. The third-order valence-corrected chi connectivity index (χ3v) is 3.97. The third kappa shape index (κ3) is 4.03. The summed E-state index contributed by atoms with van der Waals surface area (Å²) < 4.78 is 16.1. The van der Waals surface area contributed by atoms with Crippen LogP contribution in [0.2, 0.25) is 5.02 Å². The summed E-state index contributed by atoms with van der Waals surface area (Å²) in [5.41, 5.74) is 4.97. The molecule has 1 heterocycles. The van der Waals surface area contributed by atoms with E-state index in [1.165, 1.54) is 6.21 Å². The van der Waals surface area contributed by atoms with Crippen LogP contribution in [0.3, 0.4) is 0 Å². The van der Waals surface area contributed by atoms with Crippen molar-refractivity contribution < 1.29 is 19.0 Å². The van der Waals surface area contributed by atoms with Crippen LogP contribution in [0.5, 0.6) is 17.2 Å². The number of ether oxygens (including phenoxy) is 3.